The maximum Gasteiger partial charge on any atom is 0.150 e. The van der Waals surface area contributed by atoms with E-state index in [4.69, 9.17) is 4.52 Å². The molecule has 3 heteroatoms. The van der Waals surface area contributed by atoms with E-state index in [1.54, 1.807) is 6.20 Å². The summed E-state index contributed by atoms with van der Waals surface area (Å²) in [6.07, 6.45) is 8.26. The fraction of sp³-hybridized carbons (Fsp3) is 0.750. The van der Waals surface area contributed by atoms with Gasteiger partial charge in [-0.25, -0.2) is 0 Å². The Bertz CT molecular complexity index is 234. The summed E-state index contributed by atoms with van der Waals surface area (Å²) in [7, 11) is 0. The molecule has 1 unspecified atom stereocenters. The van der Waals surface area contributed by atoms with Gasteiger partial charge in [0, 0.05) is 12.1 Å². The Kier molecular flexibility index (Phi) is 6.09. The highest BCUT2D eigenvalue weighted by atomic mass is 16.5. The predicted octanol–water partition coefficient (Wildman–Crippen LogP) is 3.12. The molecule has 3 nitrogen and oxygen atoms in total. The molecule has 1 N–H and O–H groups in total. The molecule has 0 amide bonds. The topological polar surface area (TPSA) is 38.1 Å². The highest BCUT2D eigenvalue weighted by molar-refractivity contribution is 4.92. The first-order chi connectivity index (χ1) is 7.33. The number of nitrogens with zero attached hydrogens (tertiary/aromatic N) is 1. The zero-order valence-corrected chi connectivity index (χ0v) is 9.83. The van der Waals surface area contributed by atoms with Gasteiger partial charge in [-0.3, -0.25) is 0 Å². The molecule has 0 spiro atoms. The zero-order valence-electron chi connectivity index (χ0n) is 9.83. The van der Waals surface area contributed by atoms with Crippen molar-refractivity contribution in [3.8, 4) is 0 Å². The van der Waals surface area contributed by atoms with Gasteiger partial charge >= 0.3 is 0 Å². The van der Waals surface area contributed by atoms with Crippen LogP contribution in [0.3, 0.4) is 0 Å². The normalized spacial score (nSPS) is 12.9. The van der Waals surface area contributed by atoms with Crippen LogP contribution < -0.4 is 5.32 Å². The molecule has 0 aromatic carbocycles. The molecule has 0 radical (unpaired) electrons. The minimum atomic E-state index is 0.562. The Hall–Kier alpha value is -0.830. The summed E-state index contributed by atoms with van der Waals surface area (Å²) in [4.78, 5) is 0. The summed E-state index contributed by atoms with van der Waals surface area (Å²) in [5.74, 6) is 0.912. The number of hydrogen-bond donors (Lipinski definition) is 1. The van der Waals surface area contributed by atoms with E-state index < -0.39 is 0 Å². The van der Waals surface area contributed by atoms with Crippen LogP contribution in [0.1, 0.15) is 51.7 Å². The molecular formula is C12H22N2O. The van der Waals surface area contributed by atoms with Gasteiger partial charge in [0.25, 0.3) is 0 Å². The van der Waals surface area contributed by atoms with E-state index in [0.29, 0.717) is 6.04 Å². The average Bonchev–Trinajstić information content (AvgIpc) is 2.74. The molecule has 0 aliphatic carbocycles. The fourth-order valence-corrected chi connectivity index (χ4v) is 1.59. The van der Waals surface area contributed by atoms with E-state index >= 15 is 0 Å². The van der Waals surface area contributed by atoms with Crippen molar-refractivity contribution in [2.24, 2.45) is 0 Å². The van der Waals surface area contributed by atoms with E-state index in [0.717, 1.165) is 12.3 Å². The van der Waals surface area contributed by atoms with Crippen molar-refractivity contribution in [2.45, 2.75) is 58.5 Å². The van der Waals surface area contributed by atoms with E-state index in [9.17, 15) is 0 Å². The van der Waals surface area contributed by atoms with Crippen LogP contribution in [0, 0.1) is 0 Å². The van der Waals surface area contributed by atoms with Crippen molar-refractivity contribution in [3.05, 3.63) is 18.0 Å². The standard InChI is InChI=1S/C12H22N2O/c1-3-4-5-6-7-11(2)13-10-12-8-9-14-15-12/h8-9,11,13H,3-7,10H2,1-2H3. The second-order valence-electron chi connectivity index (χ2n) is 4.11. The van der Waals surface area contributed by atoms with E-state index in [1.165, 1.54) is 32.1 Å². The fourth-order valence-electron chi connectivity index (χ4n) is 1.59. The molecule has 15 heavy (non-hydrogen) atoms. The molecule has 0 aliphatic heterocycles. The van der Waals surface area contributed by atoms with E-state index in [-0.39, 0.29) is 0 Å². The molecule has 0 aliphatic rings. The Balaban J connectivity index is 2.01. The van der Waals surface area contributed by atoms with Gasteiger partial charge in [0.1, 0.15) is 5.76 Å². The van der Waals surface area contributed by atoms with Crippen molar-refractivity contribution in [3.63, 3.8) is 0 Å². The Morgan fingerprint density at radius 2 is 2.27 bits per heavy atom. The smallest absolute Gasteiger partial charge is 0.150 e. The quantitative estimate of drug-likeness (QED) is 0.670. The Morgan fingerprint density at radius 3 is 2.93 bits per heavy atom. The first-order valence-corrected chi connectivity index (χ1v) is 5.96. The van der Waals surface area contributed by atoms with Crippen LogP contribution in [0.4, 0.5) is 0 Å². The summed E-state index contributed by atoms with van der Waals surface area (Å²) in [5.41, 5.74) is 0. The van der Waals surface area contributed by atoms with Crippen LogP contribution in [0.5, 0.6) is 0 Å². The average molecular weight is 210 g/mol. The summed E-state index contributed by atoms with van der Waals surface area (Å²) in [5, 5.41) is 7.10. The third-order valence-corrected chi connectivity index (χ3v) is 2.61. The third-order valence-electron chi connectivity index (χ3n) is 2.61. The lowest BCUT2D eigenvalue weighted by Crippen LogP contribution is -2.25. The lowest BCUT2D eigenvalue weighted by Gasteiger charge is -2.11. The minimum absolute atomic E-state index is 0.562. The van der Waals surface area contributed by atoms with Gasteiger partial charge in [0.15, 0.2) is 0 Å². The van der Waals surface area contributed by atoms with Gasteiger partial charge < -0.3 is 9.84 Å². The number of rotatable bonds is 8. The van der Waals surface area contributed by atoms with Gasteiger partial charge in [-0.05, 0) is 13.3 Å². The Morgan fingerprint density at radius 1 is 1.40 bits per heavy atom. The molecule has 1 atom stereocenters. The van der Waals surface area contributed by atoms with Crippen molar-refractivity contribution in [1.82, 2.24) is 10.5 Å². The summed E-state index contributed by atoms with van der Waals surface area (Å²) in [6, 6.07) is 2.46. The highest BCUT2D eigenvalue weighted by Gasteiger charge is 2.02. The highest BCUT2D eigenvalue weighted by Crippen LogP contribution is 2.06. The van der Waals surface area contributed by atoms with Gasteiger partial charge in [-0.1, -0.05) is 37.8 Å². The van der Waals surface area contributed by atoms with Crippen LogP contribution in [-0.2, 0) is 6.54 Å². The summed E-state index contributed by atoms with van der Waals surface area (Å²) >= 11 is 0. The lowest BCUT2D eigenvalue weighted by molar-refractivity contribution is 0.360. The third kappa shape index (κ3) is 5.57. The first-order valence-electron chi connectivity index (χ1n) is 5.96. The molecule has 0 fully saturated rings. The van der Waals surface area contributed by atoms with Gasteiger partial charge in [-0.15, -0.1) is 0 Å². The molecule has 0 bridgehead atoms. The van der Waals surface area contributed by atoms with Crippen LogP contribution in [0.25, 0.3) is 0 Å². The Labute approximate surface area is 92.2 Å². The van der Waals surface area contributed by atoms with E-state index in [2.05, 4.69) is 24.3 Å². The van der Waals surface area contributed by atoms with Crippen LogP contribution >= 0.6 is 0 Å². The molecule has 86 valence electrons. The largest absolute Gasteiger partial charge is 0.360 e. The maximum absolute atomic E-state index is 5.01. The monoisotopic (exact) mass is 210 g/mol. The number of unbranched alkanes of at least 4 members (excludes halogenated alkanes) is 3. The molecule has 1 aromatic rings. The first kappa shape index (κ1) is 12.2. The molecular weight excluding hydrogens is 188 g/mol. The molecule has 1 aromatic heterocycles. The molecule has 1 heterocycles. The maximum atomic E-state index is 5.01. The van der Waals surface area contributed by atoms with Gasteiger partial charge in [0.05, 0.1) is 12.7 Å². The molecule has 1 rings (SSSR count). The second kappa shape index (κ2) is 7.46. The number of aromatic nitrogens is 1. The van der Waals surface area contributed by atoms with Gasteiger partial charge in [-0.2, -0.15) is 0 Å². The number of nitrogens with one attached hydrogen (secondary N) is 1. The lowest BCUT2D eigenvalue weighted by atomic mass is 10.1. The van der Waals surface area contributed by atoms with Crippen LogP contribution in [0.2, 0.25) is 0 Å². The van der Waals surface area contributed by atoms with Crippen molar-refractivity contribution < 1.29 is 4.52 Å². The number of hydrogen-bond acceptors (Lipinski definition) is 3. The SMILES string of the molecule is CCCCCCC(C)NCc1ccno1. The van der Waals surface area contributed by atoms with Crippen molar-refractivity contribution in [1.29, 1.82) is 0 Å². The second-order valence-corrected chi connectivity index (χ2v) is 4.11. The summed E-state index contributed by atoms with van der Waals surface area (Å²) in [6.45, 7) is 5.25. The zero-order chi connectivity index (χ0) is 10.9. The predicted molar refractivity (Wildman–Crippen MR) is 61.6 cm³/mol. The van der Waals surface area contributed by atoms with Crippen molar-refractivity contribution >= 4 is 0 Å². The van der Waals surface area contributed by atoms with Crippen LogP contribution in [0.15, 0.2) is 16.8 Å². The van der Waals surface area contributed by atoms with Crippen molar-refractivity contribution in [2.75, 3.05) is 0 Å². The van der Waals surface area contributed by atoms with Crippen LogP contribution in [-0.4, -0.2) is 11.2 Å². The van der Waals surface area contributed by atoms with Gasteiger partial charge in [0.2, 0.25) is 0 Å². The summed E-state index contributed by atoms with van der Waals surface area (Å²) < 4.78 is 5.01. The molecule has 0 saturated carbocycles. The molecule has 0 saturated heterocycles. The minimum Gasteiger partial charge on any atom is -0.360 e. The van der Waals surface area contributed by atoms with E-state index in [1.807, 2.05) is 6.07 Å².